The summed E-state index contributed by atoms with van der Waals surface area (Å²) in [5.41, 5.74) is 5.08. The van der Waals surface area contributed by atoms with Crippen LogP contribution in [0.1, 0.15) is 25.7 Å². The van der Waals surface area contributed by atoms with E-state index in [2.05, 4.69) is 10.3 Å². The molecular formula is C8H18N4. The molecule has 0 unspecified atom stereocenters. The van der Waals surface area contributed by atoms with Crippen LogP contribution >= 0.6 is 0 Å². The number of hydrogen-bond acceptors (Lipinski definition) is 2. The number of unbranched alkanes of at least 4 members (excludes halogenated alkanes) is 3. The van der Waals surface area contributed by atoms with Crippen LogP contribution in [0.15, 0.2) is 4.99 Å². The molecule has 4 heteroatoms. The lowest BCUT2D eigenvalue weighted by Gasteiger charge is -1.98. The smallest absolute Gasteiger partial charge is 0.0797 e. The van der Waals surface area contributed by atoms with Crippen LogP contribution < -0.4 is 11.1 Å². The first-order valence-electron chi connectivity index (χ1n) is 4.34. The van der Waals surface area contributed by atoms with Crippen molar-refractivity contribution in [3.05, 3.63) is 0 Å². The molecule has 0 spiro atoms. The third-order valence-corrected chi connectivity index (χ3v) is 1.57. The monoisotopic (exact) mass is 170 g/mol. The van der Waals surface area contributed by atoms with Crippen molar-refractivity contribution in [1.82, 2.24) is 5.32 Å². The van der Waals surface area contributed by atoms with Gasteiger partial charge >= 0.3 is 0 Å². The van der Waals surface area contributed by atoms with E-state index in [0.29, 0.717) is 0 Å². The van der Waals surface area contributed by atoms with Gasteiger partial charge in [-0.2, -0.15) is 0 Å². The predicted molar refractivity (Wildman–Crippen MR) is 52.8 cm³/mol. The maximum atomic E-state index is 6.70. The second kappa shape index (κ2) is 9.94. The zero-order chi connectivity index (χ0) is 9.07. The fraction of sp³-hybridized carbons (Fsp3) is 0.750. The van der Waals surface area contributed by atoms with Crippen molar-refractivity contribution in [3.63, 3.8) is 0 Å². The van der Waals surface area contributed by atoms with E-state index in [1.807, 2.05) is 0 Å². The second-order valence-corrected chi connectivity index (χ2v) is 2.57. The molecule has 0 aromatic carbocycles. The predicted octanol–water partition coefficient (Wildman–Crippen LogP) is 0.730. The Hall–Kier alpha value is -1.06. The molecule has 0 atom stereocenters. The SMILES string of the molecule is N=CNCCCCCCN=CN. The molecular weight excluding hydrogens is 152 g/mol. The number of nitrogens with zero attached hydrogens (tertiary/aromatic N) is 1. The summed E-state index contributed by atoms with van der Waals surface area (Å²) in [6.45, 7) is 1.75. The van der Waals surface area contributed by atoms with E-state index in [9.17, 15) is 0 Å². The van der Waals surface area contributed by atoms with Gasteiger partial charge in [0.2, 0.25) is 0 Å². The van der Waals surface area contributed by atoms with Crippen LogP contribution in [0.3, 0.4) is 0 Å². The lowest BCUT2D eigenvalue weighted by atomic mass is 10.2. The van der Waals surface area contributed by atoms with Crippen LogP contribution in [0.25, 0.3) is 0 Å². The minimum atomic E-state index is 0.842. The van der Waals surface area contributed by atoms with Crippen molar-refractivity contribution in [2.75, 3.05) is 13.1 Å². The van der Waals surface area contributed by atoms with Gasteiger partial charge in [-0.05, 0) is 12.8 Å². The number of nitrogens with two attached hydrogens (primary N) is 1. The average molecular weight is 170 g/mol. The third-order valence-electron chi connectivity index (χ3n) is 1.57. The Balaban J connectivity index is 2.86. The van der Waals surface area contributed by atoms with Crippen LogP contribution in [-0.2, 0) is 0 Å². The molecule has 0 saturated heterocycles. The highest BCUT2D eigenvalue weighted by Gasteiger charge is 1.87. The lowest BCUT2D eigenvalue weighted by Crippen LogP contribution is -2.11. The molecule has 0 aromatic heterocycles. The Morgan fingerprint density at radius 2 is 2.00 bits per heavy atom. The Labute approximate surface area is 73.8 Å². The Morgan fingerprint density at radius 1 is 1.25 bits per heavy atom. The van der Waals surface area contributed by atoms with E-state index in [0.717, 1.165) is 25.9 Å². The topological polar surface area (TPSA) is 74.3 Å². The molecule has 0 radical (unpaired) electrons. The fourth-order valence-corrected chi connectivity index (χ4v) is 0.930. The number of rotatable bonds is 8. The van der Waals surface area contributed by atoms with Crippen molar-refractivity contribution in [1.29, 1.82) is 5.41 Å². The molecule has 0 heterocycles. The first-order chi connectivity index (χ1) is 5.91. The molecule has 0 aliphatic heterocycles. The van der Waals surface area contributed by atoms with E-state index < -0.39 is 0 Å². The largest absolute Gasteiger partial charge is 0.390 e. The fourth-order valence-electron chi connectivity index (χ4n) is 0.930. The molecule has 0 aromatic rings. The van der Waals surface area contributed by atoms with E-state index in [4.69, 9.17) is 11.1 Å². The lowest BCUT2D eigenvalue weighted by molar-refractivity contribution is 0.639. The van der Waals surface area contributed by atoms with Crippen LogP contribution in [0.2, 0.25) is 0 Å². The van der Waals surface area contributed by atoms with Crippen molar-refractivity contribution in [2.24, 2.45) is 10.7 Å². The summed E-state index contributed by atoms with van der Waals surface area (Å²) < 4.78 is 0. The van der Waals surface area contributed by atoms with Gasteiger partial charge in [0, 0.05) is 13.1 Å². The Bertz CT molecular complexity index is 122. The van der Waals surface area contributed by atoms with Crippen LogP contribution in [0.4, 0.5) is 0 Å². The van der Waals surface area contributed by atoms with Gasteiger partial charge in [0.1, 0.15) is 0 Å². The van der Waals surface area contributed by atoms with Crippen LogP contribution in [-0.4, -0.2) is 25.8 Å². The Morgan fingerprint density at radius 3 is 2.67 bits per heavy atom. The van der Waals surface area contributed by atoms with Crippen LogP contribution in [0, 0.1) is 5.41 Å². The number of nitrogens with one attached hydrogen (secondary N) is 2. The van der Waals surface area contributed by atoms with E-state index in [-0.39, 0.29) is 0 Å². The van der Waals surface area contributed by atoms with Gasteiger partial charge in [-0.15, -0.1) is 0 Å². The summed E-state index contributed by atoms with van der Waals surface area (Å²) in [7, 11) is 0. The first-order valence-corrected chi connectivity index (χ1v) is 4.34. The molecule has 0 aliphatic carbocycles. The standard InChI is InChI=1S/C8H18N4/c9-7-11-5-3-1-2-4-6-12-8-10/h7-8H,1-6H2,(H2,9,11)(H2,10,12). The van der Waals surface area contributed by atoms with E-state index in [1.54, 1.807) is 0 Å². The summed E-state index contributed by atoms with van der Waals surface area (Å²) in [5, 5.41) is 9.55. The van der Waals surface area contributed by atoms with Crippen molar-refractivity contribution in [2.45, 2.75) is 25.7 Å². The van der Waals surface area contributed by atoms with Gasteiger partial charge < -0.3 is 11.1 Å². The summed E-state index contributed by atoms with van der Waals surface area (Å²) >= 11 is 0. The van der Waals surface area contributed by atoms with Gasteiger partial charge in [0.15, 0.2) is 0 Å². The highest BCUT2D eigenvalue weighted by Crippen LogP contribution is 1.98. The molecule has 0 fully saturated rings. The molecule has 0 amide bonds. The van der Waals surface area contributed by atoms with Crippen molar-refractivity contribution >= 4 is 12.7 Å². The van der Waals surface area contributed by atoms with Gasteiger partial charge in [0.25, 0.3) is 0 Å². The molecule has 0 saturated carbocycles. The number of hydrogen-bond donors (Lipinski definition) is 3. The highest BCUT2D eigenvalue weighted by atomic mass is 14.9. The third kappa shape index (κ3) is 8.94. The molecule has 0 bridgehead atoms. The average Bonchev–Trinajstić information content (AvgIpc) is 2.10. The summed E-state index contributed by atoms with van der Waals surface area (Å²) in [4.78, 5) is 3.91. The summed E-state index contributed by atoms with van der Waals surface area (Å²) in [6.07, 6.45) is 7.22. The van der Waals surface area contributed by atoms with Crippen molar-refractivity contribution in [3.8, 4) is 0 Å². The highest BCUT2D eigenvalue weighted by molar-refractivity contribution is 5.50. The first kappa shape index (κ1) is 10.9. The summed E-state index contributed by atoms with van der Waals surface area (Å²) in [5.74, 6) is 0. The molecule has 70 valence electrons. The second-order valence-electron chi connectivity index (χ2n) is 2.57. The summed E-state index contributed by atoms with van der Waals surface area (Å²) in [6, 6.07) is 0. The van der Waals surface area contributed by atoms with Gasteiger partial charge in [-0.1, -0.05) is 12.8 Å². The quantitative estimate of drug-likeness (QED) is 0.285. The molecule has 0 rings (SSSR count). The van der Waals surface area contributed by atoms with E-state index >= 15 is 0 Å². The molecule has 0 aliphatic rings. The van der Waals surface area contributed by atoms with Gasteiger partial charge in [-0.3, -0.25) is 10.4 Å². The Kier molecular flexibility index (Phi) is 9.06. The molecule has 12 heavy (non-hydrogen) atoms. The minimum Gasteiger partial charge on any atom is -0.390 e. The minimum absolute atomic E-state index is 0.842. The van der Waals surface area contributed by atoms with Crippen LogP contribution in [0.5, 0.6) is 0 Å². The van der Waals surface area contributed by atoms with Gasteiger partial charge in [-0.25, -0.2) is 0 Å². The zero-order valence-corrected chi connectivity index (χ0v) is 7.42. The maximum absolute atomic E-state index is 6.70. The normalized spacial score (nSPS) is 10.3. The van der Waals surface area contributed by atoms with E-state index in [1.165, 1.54) is 25.5 Å². The zero-order valence-electron chi connectivity index (χ0n) is 7.42. The van der Waals surface area contributed by atoms with Gasteiger partial charge in [0.05, 0.1) is 12.7 Å². The maximum Gasteiger partial charge on any atom is 0.0797 e. The molecule has 4 nitrogen and oxygen atoms in total. The van der Waals surface area contributed by atoms with Crippen molar-refractivity contribution < 1.29 is 0 Å². The molecule has 4 N–H and O–H groups in total. The number of aliphatic imine (C=N–C) groups is 1.